The Hall–Kier alpha value is -2.43. The Kier molecular flexibility index (Phi) is 2.71. The molecule has 0 saturated carbocycles. The van der Waals surface area contributed by atoms with Gasteiger partial charge in [-0.15, -0.1) is 0 Å². The summed E-state index contributed by atoms with van der Waals surface area (Å²) in [5.74, 6) is -0.201. The Morgan fingerprint density at radius 2 is 1.85 bits per heavy atom. The molecule has 0 radical (unpaired) electrons. The second kappa shape index (κ2) is 4.30. The van der Waals surface area contributed by atoms with Gasteiger partial charge in [0.25, 0.3) is 5.43 Å². The molecule has 0 fully saturated rings. The third-order valence-corrected chi connectivity index (χ3v) is 3.39. The topological polar surface area (TPSA) is 76.5 Å². The lowest BCUT2D eigenvalue weighted by Crippen LogP contribution is -2.34. The van der Waals surface area contributed by atoms with Gasteiger partial charge in [0.05, 0.1) is 0 Å². The molecule has 0 saturated heterocycles. The molecule has 5 heteroatoms. The van der Waals surface area contributed by atoms with E-state index in [4.69, 9.17) is 4.74 Å². The molecule has 1 aromatic heterocycles. The summed E-state index contributed by atoms with van der Waals surface area (Å²) in [5, 5.41) is 9.43. The van der Waals surface area contributed by atoms with Crippen molar-refractivity contribution < 1.29 is 9.84 Å². The monoisotopic (exact) mass is 271 g/mol. The number of aromatic nitrogens is 1. The van der Waals surface area contributed by atoms with E-state index in [0.717, 1.165) is 17.0 Å². The second-order valence-corrected chi connectivity index (χ2v) is 4.98. The maximum Gasteiger partial charge on any atom is 0.268 e. The zero-order valence-corrected chi connectivity index (χ0v) is 11.1. The zero-order valence-electron chi connectivity index (χ0n) is 11.1. The molecule has 1 N–H and O–H groups in total. The summed E-state index contributed by atoms with van der Waals surface area (Å²) in [4.78, 5) is 26.7. The van der Waals surface area contributed by atoms with Crippen LogP contribution in [0.1, 0.15) is 35.0 Å². The molecule has 0 aliphatic carbocycles. The number of aromatic hydroxyl groups is 1. The van der Waals surface area contributed by atoms with E-state index in [0.29, 0.717) is 12.2 Å². The van der Waals surface area contributed by atoms with Crippen molar-refractivity contribution in [3.05, 3.63) is 61.2 Å². The minimum atomic E-state index is -0.844. The fraction of sp³-hybridized carbons (Fsp3) is 0.267. The van der Waals surface area contributed by atoms with E-state index in [1.807, 2.05) is 26.0 Å². The third kappa shape index (κ3) is 1.82. The van der Waals surface area contributed by atoms with Crippen LogP contribution >= 0.6 is 0 Å². The van der Waals surface area contributed by atoms with Crippen molar-refractivity contribution in [1.29, 1.82) is 0 Å². The zero-order chi connectivity index (χ0) is 14.4. The van der Waals surface area contributed by atoms with Crippen molar-refractivity contribution in [2.24, 2.45) is 0 Å². The van der Waals surface area contributed by atoms with Crippen LogP contribution in [-0.2, 0) is 4.74 Å². The molecule has 1 aromatic carbocycles. The van der Waals surface area contributed by atoms with Crippen LogP contribution < -0.4 is 10.9 Å². The van der Waals surface area contributed by atoms with E-state index in [2.05, 4.69) is 4.98 Å². The van der Waals surface area contributed by atoms with E-state index in [1.54, 1.807) is 6.08 Å². The highest BCUT2D eigenvalue weighted by molar-refractivity contribution is 5.69. The quantitative estimate of drug-likeness (QED) is 0.838. The van der Waals surface area contributed by atoms with Crippen LogP contribution in [0.2, 0.25) is 0 Å². The first-order valence-corrected chi connectivity index (χ1v) is 6.32. The first-order chi connectivity index (χ1) is 9.47. The van der Waals surface area contributed by atoms with Crippen LogP contribution in [0, 0.1) is 13.8 Å². The Balaban J connectivity index is 1.86. The number of pyridine rings is 1. The van der Waals surface area contributed by atoms with Gasteiger partial charge >= 0.3 is 0 Å². The molecule has 1 aliphatic heterocycles. The maximum absolute atomic E-state index is 11.4. The highest BCUT2D eigenvalue weighted by Gasteiger charge is 2.30. The van der Waals surface area contributed by atoms with E-state index in [9.17, 15) is 14.7 Å². The first-order valence-electron chi connectivity index (χ1n) is 6.32. The number of hydrogen-bond acceptors (Lipinski definition) is 5. The Labute approximate surface area is 114 Å². The molecule has 1 aliphatic rings. The lowest BCUT2D eigenvalue weighted by molar-refractivity contribution is 0.193. The molecule has 0 spiro atoms. The van der Waals surface area contributed by atoms with E-state index in [-0.39, 0.29) is 11.7 Å². The van der Waals surface area contributed by atoms with Crippen molar-refractivity contribution in [3.8, 4) is 5.75 Å². The summed E-state index contributed by atoms with van der Waals surface area (Å²) in [6.07, 6.45) is 2.11. The number of aryl methyl sites for hydroxylation is 2. The Morgan fingerprint density at radius 3 is 2.45 bits per heavy atom. The molecule has 5 nitrogen and oxygen atoms in total. The average Bonchev–Trinajstić information content (AvgIpc) is 2.86. The van der Waals surface area contributed by atoms with Gasteiger partial charge < -0.3 is 9.84 Å². The third-order valence-electron chi connectivity index (χ3n) is 3.39. The summed E-state index contributed by atoms with van der Waals surface area (Å²) < 4.78 is 5.69. The van der Waals surface area contributed by atoms with Gasteiger partial charge in [-0.1, -0.05) is 0 Å². The van der Waals surface area contributed by atoms with Crippen molar-refractivity contribution in [1.82, 2.24) is 4.98 Å². The van der Waals surface area contributed by atoms with E-state index in [1.165, 1.54) is 0 Å². The summed E-state index contributed by atoms with van der Waals surface area (Å²) in [6, 6.07) is 3.85. The smallest absolute Gasteiger partial charge is 0.268 e. The highest BCUT2D eigenvalue weighted by atomic mass is 16.5. The summed E-state index contributed by atoms with van der Waals surface area (Å²) >= 11 is 0. The minimum Gasteiger partial charge on any atom is -0.503 e. The van der Waals surface area contributed by atoms with E-state index >= 15 is 0 Å². The second-order valence-electron chi connectivity index (χ2n) is 4.98. The number of nitrogens with zero attached hydrogens (tertiary/aromatic N) is 1. The van der Waals surface area contributed by atoms with Crippen molar-refractivity contribution in [2.75, 3.05) is 0 Å². The van der Waals surface area contributed by atoms with Gasteiger partial charge in [-0.25, -0.2) is 0 Å². The molecule has 1 unspecified atom stereocenters. The van der Waals surface area contributed by atoms with Gasteiger partial charge in [0, 0.05) is 17.8 Å². The van der Waals surface area contributed by atoms with Crippen LogP contribution in [-0.4, -0.2) is 10.1 Å². The van der Waals surface area contributed by atoms with Gasteiger partial charge in [0.2, 0.25) is 5.43 Å². The first kappa shape index (κ1) is 12.6. The lowest BCUT2D eigenvalue weighted by atomic mass is 10.1. The average molecular weight is 271 g/mol. The van der Waals surface area contributed by atoms with Crippen LogP contribution in [0.4, 0.5) is 0 Å². The predicted molar refractivity (Wildman–Crippen MR) is 73.1 cm³/mol. The van der Waals surface area contributed by atoms with Crippen molar-refractivity contribution in [3.63, 3.8) is 0 Å². The lowest BCUT2D eigenvalue weighted by Gasteiger charge is -2.15. The molecule has 1 atom stereocenters. The van der Waals surface area contributed by atoms with Gasteiger partial charge in [0.15, 0.2) is 5.75 Å². The number of ether oxygens (including phenoxy) is 1. The fourth-order valence-electron chi connectivity index (χ4n) is 2.49. The van der Waals surface area contributed by atoms with Crippen molar-refractivity contribution in [2.45, 2.75) is 26.4 Å². The maximum atomic E-state index is 11.4. The van der Waals surface area contributed by atoms with E-state index < -0.39 is 16.6 Å². The molecular weight excluding hydrogens is 258 g/mol. The number of rotatable bonds is 2. The van der Waals surface area contributed by atoms with Crippen LogP contribution in [0.5, 0.6) is 5.75 Å². The molecular formula is C15H13NO4. The summed E-state index contributed by atoms with van der Waals surface area (Å²) in [6.45, 7) is 3.81. The Bertz CT molecular complexity index is 776. The largest absolute Gasteiger partial charge is 0.503 e. The van der Waals surface area contributed by atoms with Gasteiger partial charge in [-0.3, -0.25) is 14.6 Å². The predicted octanol–water partition coefficient (Wildman–Crippen LogP) is 1.50. The molecule has 102 valence electrons. The van der Waals surface area contributed by atoms with Crippen LogP contribution in [0.15, 0.2) is 27.8 Å². The molecule has 3 rings (SSSR count). The fourth-order valence-corrected chi connectivity index (χ4v) is 2.49. The SMILES string of the molecule is Cc1cc(C2CC=C(c3c(O)c(=O)c3=O)O2)cc(C)n1. The van der Waals surface area contributed by atoms with Crippen molar-refractivity contribution >= 4 is 5.76 Å². The van der Waals surface area contributed by atoms with Crippen LogP contribution in [0.3, 0.4) is 0 Å². The van der Waals surface area contributed by atoms with Gasteiger partial charge in [-0.05, 0) is 37.6 Å². The Morgan fingerprint density at radius 1 is 1.20 bits per heavy atom. The van der Waals surface area contributed by atoms with Gasteiger partial charge in [-0.2, -0.15) is 0 Å². The normalized spacial score (nSPS) is 18.1. The molecule has 2 aromatic rings. The summed E-state index contributed by atoms with van der Waals surface area (Å²) in [5.41, 5.74) is 1.24. The van der Waals surface area contributed by atoms with Gasteiger partial charge in [0.1, 0.15) is 17.4 Å². The number of hydrogen-bond donors (Lipinski definition) is 1. The minimum absolute atomic E-state index is 0.000000000000000222. The van der Waals surface area contributed by atoms with Crippen LogP contribution in [0.25, 0.3) is 5.76 Å². The highest BCUT2D eigenvalue weighted by Crippen LogP contribution is 2.37. The molecule has 20 heavy (non-hydrogen) atoms. The standard InChI is InChI=1S/C15H13NO4/c1-7-5-9(6-8(2)16-7)10-3-4-11(20-10)12-13(17)15(19)14(12)18/h4-6,10,17H,3H2,1-2H3. The summed E-state index contributed by atoms with van der Waals surface area (Å²) in [7, 11) is 0. The molecule has 0 amide bonds. The molecule has 0 bridgehead atoms. The molecule has 2 heterocycles.